The maximum Gasteiger partial charge on any atom is 0.317 e. The molecule has 1 atom stereocenters. The van der Waals surface area contributed by atoms with Crippen molar-refractivity contribution in [3.8, 4) is 0 Å². The lowest BCUT2D eigenvalue weighted by Crippen LogP contribution is -2.45. The minimum atomic E-state index is -0.881. The number of carboxylic acids is 1. The molecule has 0 aromatic carbocycles. The molecule has 0 fully saturated rings. The van der Waals surface area contributed by atoms with E-state index in [1.165, 1.54) is 0 Å². The second kappa shape index (κ2) is 8.84. The van der Waals surface area contributed by atoms with Gasteiger partial charge in [0, 0.05) is 19.1 Å². The van der Waals surface area contributed by atoms with Gasteiger partial charge in [-0.05, 0) is 19.8 Å². The van der Waals surface area contributed by atoms with Gasteiger partial charge in [0.2, 0.25) is 0 Å². The Labute approximate surface area is 103 Å². The Morgan fingerprint density at radius 3 is 2.35 bits per heavy atom. The normalized spacial score (nSPS) is 11.9. The second-order valence-corrected chi connectivity index (χ2v) is 4.09. The SMILES string of the molecule is CCCCN(CC)C(=O)NC(CC)CC(=O)O. The summed E-state index contributed by atoms with van der Waals surface area (Å²) in [6.07, 6.45) is 2.62. The van der Waals surface area contributed by atoms with Crippen LogP contribution in [0.25, 0.3) is 0 Å². The van der Waals surface area contributed by atoms with Crippen molar-refractivity contribution in [2.24, 2.45) is 0 Å². The van der Waals surface area contributed by atoms with Gasteiger partial charge < -0.3 is 15.3 Å². The van der Waals surface area contributed by atoms with Crippen molar-refractivity contribution in [3.63, 3.8) is 0 Å². The highest BCUT2D eigenvalue weighted by Gasteiger charge is 2.17. The number of carbonyl (C=O) groups excluding carboxylic acids is 1. The lowest BCUT2D eigenvalue weighted by molar-refractivity contribution is -0.137. The highest BCUT2D eigenvalue weighted by Crippen LogP contribution is 2.01. The molecule has 0 aliphatic heterocycles. The van der Waals surface area contributed by atoms with Gasteiger partial charge in [-0.1, -0.05) is 20.3 Å². The Kier molecular flexibility index (Phi) is 8.19. The van der Waals surface area contributed by atoms with E-state index in [0.29, 0.717) is 13.0 Å². The maximum absolute atomic E-state index is 11.9. The van der Waals surface area contributed by atoms with Crippen LogP contribution in [0, 0.1) is 0 Å². The third-order valence-corrected chi connectivity index (χ3v) is 2.69. The van der Waals surface area contributed by atoms with Crippen LogP contribution in [0.4, 0.5) is 4.79 Å². The summed E-state index contributed by atoms with van der Waals surface area (Å²) in [5.41, 5.74) is 0. The molecule has 0 aliphatic carbocycles. The summed E-state index contributed by atoms with van der Waals surface area (Å²) in [5, 5.41) is 11.5. The average molecular weight is 244 g/mol. The molecule has 0 bridgehead atoms. The Balaban J connectivity index is 4.21. The summed E-state index contributed by atoms with van der Waals surface area (Å²) in [6, 6.07) is -0.440. The van der Waals surface area contributed by atoms with Gasteiger partial charge in [0.15, 0.2) is 0 Å². The number of aliphatic carboxylic acids is 1. The number of nitrogens with zero attached hydrogens (tertiary/aromatic N) is 1. The summed E-state index contributed by atoms with van der Waals surface area (Å²) in [6.45, 7) is 7.24. The van der Waals surface area contributed by atoms with Crippen LogP contribution in [0.3, 0.4) is 0 Å². The Bertz CT molecular complexity index is 244. The fourth-order valence-electron chi connectivity index (χ4n) is 1.53. The summed E-state index contributed by atoms with van der Waals surface area (Å²) in [7, 11) is 0. The van der Waals surface area contributed by atoms with E-state index in [0.717, 1.165) is 19.4 Å². The van der Waals surface area contributed by atoms with Gasteiger partial charge in [-0.2, -0.15) is 0 Å². The second-order valence-electron chi connectivity index (χ2n) is 4.09. The molecule has 0 aromatic rings. The van der Waals surface area contributed by atoms with Crippen LogP contribution in [0.15, 0.2) is 0 Å². The topological polar surface area (TPSA) is 69.6 Å². The fraction of sp³-hybridized carbons (Fsp3) is 0.833. The van der Waals surface area contributed by atoms with E-state index in [1.807, 2.05) is 13.8 Å². The van der Waals surface area contributed by atoms with Gasteiger partial charge in [-0.3, -0.25) is 4.79 Å². The number of hydrogen-bond donors (Lipinski definition) is 2. The van der Waals surface area contributed by atoms with E-state index in [-0.39, 0.29) is 18.5 Å². The van der Waals surface area contributed by atoms with E-state index in [1.54, 1.807) is 4.90 Å². The van der Waals surface area contributed by atoms with Gasteiger partial charge in [0.05, 0.1) is 6.42 Å². The maximum atomic E-state index is 11.9. The van der Waals surface area contributed by atoms with Gasteiger partial charge in [-0.15, -0.1) is 0 Å². The number of carboxylic acid groups (broad SMARTS) is 1. The first-order valence-electron chi connectivity index (χ1n) is 6.32. The van der Waals surface area contributed by atoms with Gasteiger partial charge >= 0.3 is 12.0 Å². The van der Waals surface area contributed by atoms with Crippen LogP contribution >= 0.6 is 0 Å². The van der Waals surface area contributed by atoms with Crippen molar-refractivity contribution in [1.82, 2.24) is 10.2 Å². The molecule has 0 heterocycles. The molecule has 0 aromatic heterocycles. The first-order chi connectivity index (χ1) is 8.04. The number of amides is 2. The number of unbranched alkanes of at least 4 members (excludes halogenated alkanes) is 1. The van der Waals surface area contributed by atoms with Crippen LogP contribution in [0.2, 0.25) is 0 Å². The van der Waals surface area contributed by atoms with E-state index < -0.39 is 5.97 Å². The van der Waals surface area contributed by atoms with Crippen molar-refractivity contribution < 1.29 is 14.7 Å². The van der Waals surface area contributed by atoms with Gasteiger partial charge in [-0.25, -0.2) is 4.79 Å². The zero-order valence-corrected chi connectivity index (χ0v) is 11.0. The number of hydrogen-bond acceptors (Lipinski definition) is 2. The van der Waals surface area contributed by atoms with Crippen molar-refractivity contribution in [3.05, 3.63) is 0 Å². The average Bonchev–Trinajstić information content (AvgIpc) is 2.28. The Morgan fingerprint density at radius 2 is 1.94 bits per heavy atom. The van der Waals surface area contributed by atoms with Crippen LogP contribution in [-0.4, -0.2) is 41.1 Å². The molecule has 0 aliphatic rings. The fourth-order valence-corrected chi connectivity index (χ4v) is 1.53. The van der Waals surface area contributed by atoms with Crippen molar-refractivity contribution in [1.29, 1.82) is 0 Å². The zero-order valence-electron chi connectivity index (χ0n) is 11.0. The highest BCUT2D eigenvalue weighted by atomic mass is 16.4. The number of carbonyl (C=O) groups is 2. The molecule has 1 unspecified atom stereocenters. The molecule has 2 N–H and O–H groups in total. The monoisotopic (exact) mass is 244 g/mol. The first-order valence-corrected chi connectivity index (χ1v) is 6.32. The molecule has 0 rings (SSSR count). The molecule has 100 valence electrons. The van der Waals surface area contributed by atoms with Crippen LogP contribution < -0.4 is 5.32 Å². The molecule has 0 saturated heterocycles. The molecule has 0 spiro atoms. The lowest BCUT2D eigenvalue weighted by atomic mass is 10.1. The number of urea groups is 1. The van der Waals surface area contributed by atoms with Crippen LogP contribution in [0.1, 0.15) is 46.5 Å². The van der Waals surface area contributed by atoms with Gasteiger partial charge in [0.1, 0.15) is 0 Å². The van der Waals surface area contributed by atoms with Crippen LogP contribution in [0.5, 0.6) is 0 Å². The smallest absolute Gasteiger partial charge is 0.317 e. The predicted octanol–water partition coefficient (Wildman–Crippen LogP) is 2.07. The standard InChI is InChI=1S/C12H24N2O3/c1-4-7-8-14(6-3)12(17)13-10(5-2)9-11(15)16/h10H,4-9H2,1-3H3,(H,13,17)(H,15,16). The summed E-state index contributed by atoms with van der Waals surface area (Å²) in [5.74, 6) is -0.881. The summed E-state index contributed by atoms with van der Waals surface area (Å²) < 4.78 is 0. The lowest BCUT2D eigenvalue weighted by Gasteiger charge is -2.24. The Hall–Kier alpha value is -1.26. The Morgan fingerprint density at radius 1 is 1.29 bits per heavy atom. The largest absolute Gasteiger partial charge is 0.481 e. The number of rotatable bonds is 8. The van der Waals surface area contributed by atoms with Crippen molar-refractivity contribution >= 4 is 12.0 Å². The predicted molar refractivity (Wildman–Crippen MR) is 67.0 cm³/mol. The summed E-state index contributed by atoms with van der Waals surface area (Å²) >= 11 is 0. The van der Waals surface area contributed by atoms with Crippen LogP contribution in [-0.2, 0) is 4.79 Å². The van der Waals surface area contributed by atoms with Crippen molar-refractivity contribution in [2.75, 3.05) is 13.1 Å². The van der Waals surface area contributed by atoms with E-state index in [4.69, 9.17) is 5.11 Å². The minimum Gasteiger partial charge on any atom is -0.481 e. The quantitative estimate of drug-likeness (QED) is 0.686. The summed E-state index contributed by atoms with van der Waals surface area (Å²) in [4.78, 5) is 24.2. The van der Waals surface area contributed by atoms with E-state index in [9.17, 15) is 9.59 Å². The molecule has 5 heteroatoms. The molecule has 0 radical (unpaired) electrons. The van der Waals surface area contributed by atoms with Crippen molar-refractivity contribution in [2.45, 2.75) is 52.5 Å². The first kappa shape index (κ1) is 15.7. The van der Waals surface area contributed by atoms with E-state index >= 15 is 0 Å². The molecule has 17 heavy (non-hydrogen) atoms. The molecular formula is C12H24N2O3. The molecule has 2 amide bonds. The molecule has 5 nitrogen and oxygen atoms in total. The van der Waals surface area contributed by atoms with E-state index in [2.05, 4.69) is 12.2 Å². The zero-order chi connectivity index (χ0) is 13.3. The third kappa shape index (κ3) is 6.81. The highest BCUT2D eigenvalue weighted by molar-refractivity contribution is 5.75. The van der Waals surface area contributed by atoms with Gasteiger partial charge in [0.25, 0.3) is 0 Å². The third-order valence-electron chi connectivity index (χ3n) is 2.69. The minimum absolute atomic E-state index is 0.0203. The molecule has 0 saturated carbocycles. The number of nitrogens with one attached hydrogen (secondary N) is 1. The molecular weight excluding hydrogens is 220 g/mol.